The van der Waals surface area contributed by atoms with Gasteiger partial charge in [-0.2, -0.15) is 0 Å². The molecular formula is C17H16ClNO5. The average molecular weight is 350 g/mol. The quantitative estimate of drug-likeness (QED) is 0.811. The van der Waals surface area contributed by atoms with Gasteiger partial charge in [-0.05, 0) is 36.4 Å². The van der Waals surface area contributed by atoms with Gasteiger partial charge in [0.1, 0.15) is 11.5 Å². The third kappa shape index (κ3) is 4.63. The highest BCUT2D eigenvalue weighted by Gasteiger charge is 2.12. The molecule has 0 aliphatic heterocycles. The van der Waals surface area contributed by atoms with E-state index in [1.54, 1.807) is 36.4 Å². The first-order valence-corrected chi connectivity index (χ1v) is 7.36. The number of hydrogen-bond donors (Lipinski definition) is 1. The Morgan fingerprint density at radius 2 is 1.88 bits per heavy atom. The molecule has 6 nitrogen and oxygen atoms in total. The lowest BCUT2D eigenvalue weighted by Gasteiger charge is -2.09. The van der Waals surface area contributed by atoms with Gasteiger partial charge in [0.05, 0.1) is 24.8 Å². The Bertz CT molecular complexity index is 748. The van der Waals surface area contributed by atoms with Crippen molar-refractivity contribution >= 4 is 29.2 Å². The Labute approximate surface area is 144 Å². The van der Waals surface area contributed by atoms with E-state index in [2.05, 4.69) is 5.32 Å². The van der Waals surface area contributed by atoms with Gasteiger partial charge in [-0.15, -0.1) is 0 Å². The molecule has 0 atom stereocenters. The van der Waals surface area contributed by atoms with Crippen LogP contribution in [0.1, 0.15) is 10.4 Å². The number of rotatable bonds is 6. The summed E-state index contributed by atoms with van der Waals surface area (Å²) in [7, 11) is 3.00. The van der Waals surface area contributed by atoms with E-state index >= 15 is 0 Å². The lowest BCUT2D eigenvalue weighted by molar-refractivity contribution is -0.119. The molecule has 0 saturated heterocycles. The van der Waals surface area contributed by atoms with E-state index in [9.17, 15) is 9.59 Å². The number of carbonyl (C=O) groups is 2. The molecule has 2 aromatic carbocycles. The molecule has 0 fully saturated rings. The number of nitrogens with one attached hydrogen (secondary N) is 1. The molecule has 126 valence electrons. The number of ether oxygens (including phenoxy) is 3. The van der Waals surface area contributed by atoms with Crippen LogP contribution in [0.5, 0.6) is 11.5 Å². The van der Waals surface area contributed by atoms with E-state index in [0.29, 0.717) is 27.8 Å². The zero-order valence-corrected chi connectivity index (χ0v) is 13.9. The van der Waals surface area contributed by atoms with Crippen molar-refractivity contribution in [3.63, 3.8) is 0 Å². The molecule has 1 N–H and O–H groups in total. The summed E-state index contributed by atoms with van der Waals surface area (Å²) < 4.78 is 15.0. The highest BCUT2D eigenvalue weighted by Crippen LogP contribution is 2.27. The average Bonchev–Trinajstić information content (AvgIpc) is 2.60. The summed E-state index contributed by atoms with van der Waals surface area (Å²) in [4.78, 5) is 23.8. The largest absolute Gasteiger partial charge is 0.497 e. The zero-order valence-electron chi connectivity index (χ0n) is 13.2. The summed E-state index contributed by atoms with van der Waals surface area (Å²) in [5.41, 5.74) is 0.776. The first kappa shape index (κ1) is 17.6. The summed E-state index contributed by atoms with van der Waals surface area (Å²) in [5.74, 6) is -0.0646. The molecule has 0 bridgehead atoms. The van der Waals surface area contributed by atoms with Crippen LogP contribution in [0.3, 0.4) is 0 Å². The van der Waals surface area contributed by atoms with Crippen LogP contribution in [0.4, 0.5) is 5.69 Å². The van der Waals surface area contributed by atoms with Crippen LogP contribution in [0.2, 0.25) is 5.02 Å². The van der Waals surface area contributed by atoms with Crippen molar-refractivity contribution in [2.75, 3.05) is 26.1 Å². The van der Waals surface area contributed by atoms with Crippen molar-refractivity contribution < 1.29 is 23.8 Å². The highest BCUT2D eigenvalue weighted by atomic mass is 35.5. The number of amides is 1. The third-order valence-electron chi connectivity index (χ3n) is 3.08. The first-order valence-electron chi connectivity index (χ1n) is 6.98. The topological polar surface area (TPSA) is 73.9 Å². The molecule has 2 rings (SSSR count). The van der Waals surface area contributed by atoms with E-state index in [1.165, 1.54) is 20.3 Å². The molecule has 0 unspecified atom stereocenters. The van der Waals surface area contributed by atoms with Gasteiger partial charge in [-0.25, -0.2) is 4.79 Å². The maximum Gasteiger partial charge on any atom is 0.338 e. The summed E-state index contributed by atoms with van der Waals surface area (Å²) in [6.07, 6.45) is 0. The van der Waals surface area contributed by atoms with Crippen LogP contribution in [0, 0.1) is 0 Å². The fourth-order valence-electron chi connectivity index (χ4n) is 1.91. The Morgan fingerprint density at radius 3 is 2.54 bits per heavy atom. The van der Waals surface area contributed by atoms with Gasteiger partial charge in [-0.1, -0.05) is 17.7 Å². The monoisotopic (exact) mass is 349 g/mol. The highest BCUT2D eigenvalue weighted by molar-refractivity contribution is 6.32. The maximum absolute atomic E-state index is 11.9. The minimum Gasteiger partial charge on any atom is -0.497 e. The summed E-state index contributed by atoms with van der Waals surface area (Å²) in [5, 5.41) is 2.95. The molecule has 0 heterocycles. The van der Waals surface area contributed by atoms with Gasteiger partial charge < -0.3 is 19.5 Å². The lowest BCUT2D eigenvalue weighted by atomic mass is 10.2. The zero-order chi connectivity index (χ0) is 17.5. The Kier molecular flexibility index (Phi) is 6.03. The first-order chi connectivity index (χ1) is 11.5. The molecule has 1 amide bonds. The third-order valence-corrected chi connectivity index (χ3v) is 3.37. The van der Waals surface area contributed by atoms with E-state index in [1.807, 2.05) is 0 Å². The summed E-state index contributed by atoms with van der Waals surface area (Å²) in [6, 6.07) is 11.3. The number of benzene rings is 2. The van der Waals surface area contributed by atoms with Gasteiger partial charge >= 0.3 is 5.97 Å². The van der Waals surface area contributed by atoms with E-state index in [-0.39, 0.29) is 0 Å². The molecule has 0 spiro atoms. The van der Waals surface area contributed by atoms with Crippen LogP contribution in [0.25, 0.3) is 0 Å². The molecule has 0 saturated carbocycles. The molecule has 0 aliphatic rings. The fraction of sp³-hybridized carbons (Fsp3) is 0.176. The van der Waals surface area contributed by atoms with Crippen molar-refractivity contribution in [2.45, 2.75) is 0 Å². The molecule has 0 aromatic heterocycles. The maximum atomic E-state index is 11.9. The van der Waals surface area contributed by atoms with E-state index in [0.717, 1.165) is 0 Å². The summed E-state index contributed by atoms with van der Waals surface area (Å²) in [6.45, 7) is -0.417. The normalized spacial score (nSPS) is 9.96. The number of halogens is 1. The predicted molar refractivity (Wildman–Crippen MR) is 89.9 cm³/mol. The molecule has 7 heteroatoms. The predicted octanol–water partition coefficient (Wildman–Crippen LogP) is 3.15. The minimum absolute atomic E-state index is 0.301. The van der Waals surface area contributed by atoms with Crippen LogP contribution < -0.4 is 14.8 Å². The smallest absolute Gasteiger partial charge is 0.338 e. The van der Waals surface area contributed by atoms with Crippen molar-refractivity contribution in [1.82, 2.24) is 0 Å². The SMILES string of the molecule is COc1cccc(C(=O)OCC(=O)Nc2ccc(OC)c(Cl)c2)c1. The Hall–Kier alpha value is -2.73. The van der Waals surface area contributed by atoms with Crippen molar-refractivity contribution in [1.29, 1.82) is 0 Å². The van der Waals surface area contributed by atoms with E-state index in [4.69, 9.17) is 25.8 Å². The Balaban J connectivity index is 1.90. The second kappa shape index (κ2) is 8.21. The van der Waals surface area contributed by atoms with Crippen molar-refractivity contribution in [3.8, 4) is 11.5 Å². The molecule has 2 aromatic rings. The number of esters is 1. The number of methoxy groups -OCH3 is 2. The van der Waals surface area contributed by atoms with Crippen LogP contribution in [-0.4, -0.2) is 32.7 Å². The molecular weight excluding hydrogens is 334 g/mol. The summed E-state index contributed by atoms with van der Waals surface area (Å²) >= 11 is 5.98. The van der Waals surface area contributed by atoms with Gasteiger partial charge in [0.25, 0.3) is 5.91 Å². The second-order valence-corrected chi connectivity index (χ2v) is 5.11. The molecule has 0 aliphatic carbocycles. The van der Waals surface area contributed by atoms with Crippen LogP contribution >= 0.6 is 11.6 Å². The van der Waals surface area contributed by atoms with E-state index < -0.39 is 18.5 Å². The van der Waals surface area contributed by atoms with Crippen LogP contribution in [-0.2, 0) is 9.53 Å². The lowest BCUT2D eigenvalue weighted by Crippen LogP contribution is -2.20. The van der Waals surface area contributed by atoms with Gasteiger partial charge in [0.15, 0.2) is 6.61 Å². The van der Waals surface area contributed by atoms with Gasteiger partial charge in [0.2, 0.25) is 0 Å². The second-order valence-electron chi connectivity index (χ2n) is 4.71. The van der Waals surface area contributed by atoms with Gasteiger partial charge in [0, 0.05) is 5.69 Å². The van der Waals surface area contributed by atoms with Crippen LogP contribution in [0.15, 0.2) is 42.5 Å². The minimum atomic E-state index is -0.614. The number of anilines is 1. The fourth-order valence-corrected chi connectivity index (χ4v) is 2.16. The Morgan fingerprint density at radius 1 is 1.08 bits per heavy atom. The van der Waals surface area contributed by atoms with Crippen molar-refractivity contribution in [2.24, 2.45) is 0 Å². The number of carbonyl (C=O) groups excluding carboxylic acids is 2. The number of hydrogen-bond acceptors (Lipinski definition) is 5. The van der Waals surface area contributed by atoms with Crippen molar-refractivity contribution in [3.05, 3.63) is 53.1 Å². The van der Waals surface area contributed by atoms with Gasteiger partial charge in [-0.3, -0.25) is 4.79 Å². The molecule has 24 heavy (non-hydrogen) atoms. The standard InChI is InChI=1S/C17H16ClNO5/c1-22-13-5-3-4-11(8-13)17(21)24-10-16(20)19-12-6-7-15(23-2)14(18)9-12/h3-9H,10H2,1-2H3,(H,19,20). The molecule has 0 radical (unpaired) electrons.